The third kappa shape index (κ3) is 14.1. The van der Waals surface area contributed by atoms with E-state index in [4.69, 9.17) is 35.5 Å². The van der Waals surface area contributed by atoms with Crippen LogP contribution in [0, 0.1) is 10.8 Å². The highest BCUT2D eigenvalue weighted by atomic mass is 35.5. The molecule has 0 radical (unpaired) electrons. The largest absolute Gasteiger partial charge is 0.462 e. The van der Waals surface area contributed by atoms with E-state index in [1.165, 1.54) is 48.6 Å². The van der Waals surface area contributed by atoms with Crippen molar-refractivity contribution in [3.63, 3.8) is 0 Å². The molecule has 18 nitrogen and oxygen atoms in total. The van der Waals surface area contributed by atoms with Crippen molar-refractivity contribution in [1.29, 1.82) is 0 Å². The second-order valence-electron chi connectivity index (χ2n) is 25.6. The second kappa shape index (κ2) is 29.0. The molecule has 99 heavy (non-hydrogen) atoms. The summed E-state index contributed by atoms with van der Waals surface area (Å²) in [6.07, 6.45) is 5.81. The third-order valence-electron chi connectivity index (χ3n) is 19.3. The number of pyridine rings is 2. The van der Waals surface area contributed by atoms with Gasteiger partial charge in [-0.1, -0.05) is 84.4 Å². The van der Waals surface area contributed by atoms with Crippen molar-refractivity contribution < 1.29 is 47.7 Å². The quantitative estimate of drug-likeness (QED) is 0.0813. The fraction of sp³-hybridized carbons (Fsp3) is 0.282. The fourth-order valence-corrected chi connectivity index (χ4v) is 16.3. The lowest BCUT2D eigenvalue weighted by atomic mass is 9.73. The van der Waals surface area contributed by atoms with E-state index in [1.807, 2.05) is 115 Å². The maximum Gasteiger partial charge on any atom is 0.348 e. The molecule has 16 rings (SSSR count). The minimum absolute atomic E-state index is 0.121. The number of esters is 2. The number of nitrogens with one attached hydrogen (secondary N) is 3. The summed E-state index contributed by atoms with van der Waals surface area (Å²) in [5, 5.41) is 11.1. The van der Waals surface area contributed by atoms with Crippen LogP contribution in [-0.2, 0) is 31.8 Å². The maximum atomic E-state index is 14.0. The third-order valence-corrected chi connectivity index (χ3v) is 21.9. The van der Waals surface area contributed by atoms with Gasteiger partial charge in [-0.25, -0.2) is 19.6 Å². The molecule has 3 N–H and O–H groups in total. The molecule has 6 aliphatic rings. The molecule has 0 atom stereocenters. The summed E-state index contributed by atoms with van der Waals surface area (Å²) in [6.45, 7) is 12.9. The predicted octanol–water partition coefficient (Wildman–Crippen LogP) is 14.8. The monoisotopic (exact) mass is 1380 g/mol. The Balaban J connectivity index is 0.000000151. The number of carbonyl (C=O) groups is 6. The van der Waals surface area contributed by atoms with Crippen LogP contribution in [0.5, 0.6) is 0 Å². The number of ether oxygens (including phenoxy) is 4. The molecular weight excluding hydrogens is 1310 g/mol. The van der Waals surface area contributed by atoms with Gasteiger partial charge in [-0.15, -0.1) is 22.7 Å². The molecule has 0 saturated carbocycles. The summed E-state index contributed by atoms with van der Waals surface area (Å²) in [5.41, 5.74) is 10.8. The fourth-order valence-electron chi connectivity index (χ4n) is 13.8. The Bertz CT molecular complexity index is 4720. The number of benzene rings is 6. The average Bonchev–Trinajstić information content (AvgIpc) is 1.63. The smallest absolute Gasteiger partial charge is 0.348 e. The number of para-hydroxylation sites is 4. The molecule has 0 unspecified atom stereocenters. The predicted molar refractivity (Wildman–Crippen MR) is 390 cm³/mol. The summed E-state index contributed by atoms with van der Waals surface area (Å²) >= 11 is 9.08. The molecule has 504 valence electrons. The second-order valence-corrected chi connectivity index (χ2v) is 28.1. The molecule has 6 aliphatic heterocycles. The van der Waals surface area contributed by atoms with Gasteiger partial charge >= 0.3 is 11.9 Å². The lowest BCUT2D eigenvalue weighted by Gasteiger charge is -2.53. The highest BCUT2D eigenvalue weighted by Crippen LogP contribution is 2.46. The van der Waals surface area contributed by atoms with Crippen molar-refractivity contribution in [2.45, 2.75) is 52.4 Å². The Labute approximate surface area is 586 Å². The number of hydrogen-bond acceptors (Lipinski definition) is 16. The van der Waals surface area contributed by atoms with Gasteiger partial charge in [0, 0.05) is 125 Å². The van der Waals surface area contributed by atoms with Crippen molar-refractivity contribution in [2.24, 2.45) is 10.8 Å². The van der Waals surface area contributed by atoms with Crippen molar-refractivity contribution in [3.05, 3.63) is 218 Å². The van der Waals surface area contributed by atoms with E-state index in [9.17, 15) is 28.8 Å². The number of thiophene rings is 2. The number of amides is 4. The first-order valence-electron chi connectivity index (χ1n) is 33.6. The van der Waals surface area contributed by atoms with Gasteiger partial charge in [-0.3, -0.25) is 19.2 Å². The van der Waals surface area contributed by atoms with Crippen molar-refractivity contribution in [3.8, 4) is 20.9 Å². The lowest BCUT2D eigenvalue weighted by Crippen LogP contribution is -2.59. The Morgan fingerprint density at radius 2 is 0.970 bits per heavy atom. The molecule has 4 fully saturated rings. The first-order valence-corrected chi connectivity index (χ1v) is 35.6. The number of aromatic nitrogens is 2. The SMILES string of the molecule is C1CC2(CCO1)CNC2.CCOC(=O)c1cc2c(s1)-c1ccccc1N(C(=O)c1ccc(NC(=O)c3cc4ccccc4nc3Cl)cc1)CC2.CCOC(=O)c1cc2c(s1)-c1ccccc1N(C(=O)c1ccc(NC(=O)c3cc4ccccc4nc3N3CC4(CCOCC4)C3)cc1)CC2. The van der Waals surface area contributed by atoms with Crippen molar-refractivity contribution in [2.75, 3.05) is 104 Å². The zero-order valence-corrected chi connectivity index (χ0v) is 57.3. The highest BCUT2D eigenvalue weighted by Gasteiger charge is 2.46. The van der Waals surface area contributed by atoms with E-state index in [-0.39, 0.29) is 51.7 Å². The molecule has 4 amide bonds. The van der Waals surface area contributed by atoms with Gasteiger partial charge in [0.2, 0.25) is 0 Å². The summed E-state index contributed by atoms with van der Waals surface area (Å²) < 4.78 is 21.3. The molecule has 10 aromatic rings. The van der Waals surface area contributed by atoms with Gasteiger partial charge in [-0.05, 0) is 166 Å². The molecule has 21 heteroatoms. The summed E-state index contributed by atoms with van der Waals surface area (Å²) in [5.74, 6) is -0.873. The summed E-state index contributed by atoms with van der Waals surface area (Å²) in [4.78, 5) is 97.4. The van der Waals surface area contributed by atoms with Crippen LogP contribution in [0.25, 0.3) is 42.7 Å². The molecule has 2 spiro atoms. The van der Waals surface area contributed by atoms with E-state index in [0.29, 0.717) is 93.7 Å². The van der Waals surface area contributed by atoms with Gasteiger partial charge < -0.3 is 49.6 Å². The summed E-state index contributed by atoms with van der Waals surface area (Å²) in [7, 11) is 0. The van der Waals surface area contributed by atoms with Crippen LogP contribution in [0.4, 0.5) is 28.6 Å². The number of anilines is 5. The van der Waals surface area contributed by atoms with E-state index in [2.05, 4.69) is 25.8 Å². The number of rotatable bonds is 11. The first kappa shape index (κ1) is 66.6. The molecule has 4 aromatic heterocycles. The molecular formula is C78H73ClN8O10S2. The first-order chi connectivity index (χ1) is 48.2. The minimum atomic E-state index is -0.387. The van der Waals surface area contributed by atoms with E-state index in [0.717, 1.165) is 112 Å². The number of hydrogen-bond donors (Lipinski definition) is 3. The van der Waals surface area contributed by atoms with Gasteiger partial charge in [0.25, 0.3) is 23.6 Å². The molecule has 0 bridgehead atoms. The number of nitrogens with zero attached hydrogens (tertiary/aromatic N) is 5. The normalized spacial score (nSPS) is 16.1. The van der Waals surface area contributed by atoms with Crippen molar-refractivity contribution >= 4 is 120 Å². The topological polar surface area (TPSA) is 211 Å². The van der Waals surface area contributed by atoms with E-state index >= 15 is 0 Å². The minimum Gasteiger partial charge on any atom is -0.462 e. The zero-order chi connectivity index (χ0) is 68.2. The van der Waals surface area contributed by atoms with E-state index in [1.54, 1.807) is 78.2 Å². The molecule has 10 heterocycles. The highest BCUT2D eigenvalue weighted by molar-refractivity contribution is 7.18. The van der Waals surface area contributed by atoms with Crippen LogP contribution in [0.3, 0.4) is 0 Å². The Morgan fingerprint density at radius 1 is 0.535 bits per heavy atom. The standard InChI is InChI=1S/C39H36N4O5S.C32H24ClN3O4S.C7H13NO/c1-2-48-38(46)33-22-27-15-18-43(32-10-6-4-8-29(32)34(27)49-33)37(45)25-11-13-28(14-12-25)40-36(44)30-21-26-7-3-5-9-31(26)41-35(30)42-23-39(24-42)16-19-47-20-17-39;1-2-40-32(39)27-18-21-15-16-36(26-10-6-4-8-23(26)28(21)41-27)31(38)19-11-13-22(14-12-19)34-30(37)24-17-20-7-3-5-9-25(20)35-29(24)33;1-3-9-4-2-7(1)5-8-6-7/h3-14,21-22H,2,15-20,23-24H2,1H3,(H,40,44);3-14,17-18H,2,15-16H2,1H3,(H,34,37);8H,1-6H2. The van der Waals surface area contributed by atoms with Gasteiger partial charge in [-0.2, -0.15) is 0 Å². The molecule has 0 aliphatic carbocycles. The van der Waals surface area contributed by atoms with E-state index < -0.39 is 0 Å². The molecule has 6 aromatic carbocycles. The number of carbonyl (C=O) groups excluding carboxylic acids is 6. The maximum absolute atomic E-state index is 14.0. The van der Waals surface area contributed by atoms with Crippen LogP contribution >= 0.6 is 34.3 Å². The Morgan fingerprint density at radius 3 is 1.43 bits per heavy atom. The van der Waals surface area contributed by atoms with Crippen molar-refractivity contribution in [1.82, 2.24) is 15.3 Å². The zero-order valence-electron chi connectivity index (χ0n) is 54.9. The Hall–Kier alpha value is -9.67. The van der Waals surface area contributed by atoms with Crippen LogP contribution in [0.15, 0.2) is 170 Å². The number of fused-ring (bicyclic) bond motifs is 8. The number of halogens is 1. The van der Waals surface area contributed by atoms with Gasteiger partial charge in [0.15, 0.2) is 0 Å². The van der Waals surface area contributed by atoms with Gasteiger partial charge in [0.1, 0.15) is 20.7 Å². The van der Waals surface area contributed by atoms with Crippen LogP contribution in [-0.4, -0.2) is 124 Å². The molecule has 4 saturated heterocycles. The van der Waals surface area contributed by atoms with Gasteiger partial charge in [0.05, 0.1) is 46.7 Å². The van der Waals surface area contributed by atoms with Crippen LogP contribution in [0.1, 0.15) is 111 Å². The van der Waals surface area contributed by atoms with Crippen LogP contribution < -0.4 is 30.7 Å². The average molecular weight is 1380 g/mol. The lowest BCUT2D eigenvalue weighted by molar-refractivity contribution is -0.0130. The Kier molecular flexibility index (Phi) is 19.5. The van der Waals surface area contributed by atoms with Crippen LogP contribution in [0.2, 0.25) is 5.15 Å². The summed E-state index contributed by atoms with van der Waals surface area (Å²) in [6, 6.07) is 52.0.